The first-order valence-corrected chi connectivity index (χ1v) is 6.89. The van der Waals surface area contributed by atoms with Gasteiger partial charge in [-0.15, -0.1) is 0 Å². The van der Waals surface area contributed by atoms with Crippen molar-refractivity contribution in [3.05, 3.63) is 50.1 Å². The predicted octanol–water partition coefficient (Wildman–Crippen LogP) is 2.61. The molecular formula is C15H17ClN2O3. The maximum atomic E-state index is 12.0. The molecule has 1 aromatic carbocycles. The fourth-order valence-electron chi connectivity index (χ4n) is 2.08. The van der Waals surface area contributed by atoms with Crippen LogP contribution in [0.4, 0.5) is 0 Å². The van der Waals surface area contributed by atoms with E-state index in [1.165, 1.54) is 0 Å². The van der Waals surface area contributed by atoms with Gasteiger partial charge in [0.05, 0.1) is 0 Å². The number of hydrogen-bond acceptors (Lipinski definition) is 3. The van der Waals surface area contributed by atoms with Gasteiger partial charge in [-0.25, -0.2) is 4.79 Å². The molecule has 0 unspecified atom stereocenters. The number of aromatic nitrogens is 2. The maximum absolute atomic E-state index is 12.0. The van der Waals surface area contributed by atoms with Gasteiger partial charge in [0.25, 0.3) is 5.56 Å². The minimum atomic E-state index is -0.634. The van der Waals surface area contributed by atoms with Crippen molar-refractivity contribution in [3.63, 3.8) is 0 Å². The molecule has 0 amide bonds. The molecule has 6 heteroatoms. The lowest BCUT2D eigenvalue weighted by atomic mass is 9.96. The van der Waals surface area contributed by atoms with Crippen molar-refractivity contribution in [2.45, 2.75) is 27.3 Å². The Bertz CT molecular complexity index is 785. The highest BCUT2D eigenvalue weighted by atomic mass is 35.5. The van der Waals surface area contributed by atoms with Crippen LogP contribution in [0.3, 0.4) is 0 Å². The highest BCUT2D eigenvalue weighted by Crippen LogP contribution is 2.28. The van der Waals surface area contributed by atoms with E-state index in [0.717, 1.165) is 4.57 Å². The van der Waals surface area contributed by atoms with Gasteiger partial charge >= 0.3 is 5.69 Å². The Morgan fingerprint density at radius 2 is 1.95 bits per heavy atom. The molecule has 0 aliphatic carbocycles. The average molecular weight is 309 g/mol. The molecule has 0 aliphatic heterocycles. The molecule has 2 aromatic rings. The predicted molar refractivity (Wildman–Crippen MR) is 82.9 cm³/mol. The van der Waals surface area contributed by atoms with Crippen molar-refractivity contribution in [2.24, 2.45) is 5.41 Å². The summed E-state index contributed by atoms with van der Waals surface area (Å²) < 4.78 is 1.16. The van der Waals surface area contributed by atoms with E-state index in [1.54, 1.807) is 24.3 Å². The van der Waals surface area contributed by atoms with E-state index in [2.05, 4.69) is 4.98 Å². The van der Waals surface area contributed by atoms with Crippen LogP contribution in [0.2, 0.25) is 5.02 Å². The summed E-state index contributed by atoms with van der Waals surface area (Å²) in [6.07, 6.45) is 0. The lowest BCUT2D eigenvalue weighted by Gasteiger charge is -2.21. The molecule has 1 heterocycles. The molecule has 0 atom stereocenters. The first-order chi connectivity index (χ1) is 9.69. The van der Waals surface area contributed by atoms with E-state index in [9.17, 15) is 14.7 Å². The molecule has 0 fully saturated rings. The normalized spacial score (nSPS) is 11.6. The topological polar surface area (TPSA) is 75.1 Å². The van der Waals surface area contributed by atoms with Crippen LogP contribution in [0.25, 0.3) is 11.1 Å². The number of aromatic hydroxyl groups is 1. The van der Waals surface area contributed by atoms with E-state index in [0.29, 0.717) is 10.6 Å². The molecule has 0 saturated carbocycles. The Morgan fingerprint density at radius 1 is 1.29 bits per heavy atom. The largest absolute Gasteiger partial charge is 0.494 e. The van der Waals surface area contributed by atoms with Crippen molar-refractivity contribution >= 4 is 11.6 Å². The monoisotopic (exact) mass is 308 g/mol. The van der Waals surface area contributed by atoms with Gasteiger partial charge in [-0.2, -0.15) is 0 Å². The van der Waals surface area contributed by atoms with Crippen LogP contribution in [0.1, 0.15) is 20.8 Å². The molecule has 0 spiro atoms. The summed E-state index contributed by atoms with van der Waals surface area (Å²) in [5, 5.41) is 10.8. The standard InChI is InChI=1S/C15H17ClN2O3/c1-15(2,3)8-18-13(20)11(12(19)17-14(18)21)9-5-4-6-10(16)7-9/h4-7,20H,8H2,1-3H3,(H,17,19,21). The second-order valence-electron chi connectivity index (χ2n) is 6.12. The average Bonchev–Trinajstić information content (AvgIpc) is 2.33. The van der Waals surface area contributed by atoms with E-state index in [4.69, 9.17) is 11.6 Å². The molecule has 0 radical (unpaired) electrons. The number of hydrogen-bond donors (Lipinski definition) is 2. The van der Waals surface area contributed by atoms with Crippen LogP contribution in [-0.4, -0.2) is 14.7 Å². The van der Waals surface area contributed by atoms with Crippen molar-refractivity contribution in [1.82, 2.24) is 9.55 Å². The van der Waals surface area contributed by atoms with Crippen LogP contribution in [0.5, 0.6) is 5.88 Å². The van der Waals surface area contributed by atoms with Crippen LogP contribution in [0.15, 0.2) is 33.9 Å². The first-order valence-electron chi connectivity index (χ1n) is 6.51. The van der Waals surface area contributed by atoms with E-state index in [1.807, 2.05) is 20.8 Å². The smallest absolute Gasteiger partial charge is 0.331 e. The fourth-order valence-corrected chi connectivity index (χ4v) is 2.28. The van der Waals surface area contributed by atoms with E-state index < -0.39 is 11.2 Å². The second-order valence-corrected chi connectivity index (χ2v) is 6.55. The molecule has 5 nitrogen and oxygen atoms in total. The number of nitrogens with zero attached hydrogens (tertiary/aromatic N) is 1. The summed E-state index contributed by atoms with van der Waals surface area (Å²) in [7, 11) is 0. The third-order valence-corrected chi connectivity index (χ3v) is 3.15. The molecule has 2 N–H and O–H groups in total. The van der Waals surface area contributed by atoms with Gasteiger partial charge in [0.1, 0.15) is 5.56 Å². The summed E-state index contributed by atoms with van der Waals surface area (Å²) in [4.78, 5) is 26.2. The maximum Gasteiger partial charge on any atom is 0.331 e. The van der Waals surface area contributed by atoms with Gasteiger partial charge in [0.2, 0.25) is 5.88 Å². The number of H-pyrrole nitrogens is 1. The lowest BCUT2D eigenvalue weighted by Crippen LogP contribution is -2.34. The van der Waals surface area contributed by atoms with Gasteiger partial charge in [0, 0.05) is 11.6 Å². The summed E-state index contributed by atoms with van der Waals surface area (Å²) in [5.74, 6) is -0.346. The summed E-state index contributed by atoms with van der Waals surface area (Å²) >= 11 is 5.91. The van der Waals surface area contributed by atoms with Crippen LogP contribution in [-0.2, 0) is 6.54 Å². The van der Waals surface area contributed by atoms with Crippen LogP contribution in [0, 0.1) is 5.41 Å². The Balaban J connectivity index is 2.71. The number of benzene rings is 1. The Labute approximate surface area is 126 Å². The Hall–Kier alpha value is -2.01. The zero-order chi connectivity index (χ0) is 15.8. The third-order valence-electron chi connectivity index (χ3n) is 2.92. The van der Waals surface area contributed by atoms with E-state index in [-0.39, 0.29) is 23.4 Å². The summed E-state index contributed by atoms with van der Waals surface area (Å²) in [6, 6.07) is 6.57. The van der Waals surface area contributed by atoms with Crippen molar-refractivity contribution < 1.29 is 5.11 Å². The quantitative estimate of drug-likeness (QED) is 0.895. The molecule has 2 rings (SSSR count). The summed E-state index contributed by atoms with van der Waals surface area (Å²) in [5.41, 5.74) is -0.987. The van der Waals surface area contributed by atoms with Gasteiger partial charge in [-0.1, -0.05) is 44.5 Å². The highest BCUT2D eigenvalue weighted by molar-refractivity contribution is 6.30. The fraction of sp³-hybridized carbons (Fsp3) is 0.333. The summed E-state index contributed by atoms with van der Waals surface area (Å²) in [6.45, 7) is 6.08. The third kappa shape index (κ3) is 3.36. The Morgan fingerprint density at radius 3 is 2.52 bits per heavy atom. The lowest BCUT2D eigenvalue weighted by molar-refractivity contribution is 0.301. The Kier molecular flexibility index (Phi) is 3.96. The first kappa shape index (κ1) is 15.4. The number of aromatic amines is 1. The van der Waals surface area contributed by atoms with Crippen LogP contribution < -0.4 is 11.2 Å². The zero-order valence-electron chi connectivity index (χ0n) is 12.1. The van der Waals surface area contributed by atoms with Gasteiger partial charge in [-0.3, -0.25) is 14.3 Å². The van der Waals surface area contributed by atoms with Crippen molar-refractivity contribution in [1.29, 1.82) is 0 Å². The number of halogens is 1. The van der Waals surface area contributed by atoms with Gasteiger partial charge in [-0.05, 0) is 23.1 Å². The highest BCUT2D eigenvalue weighted by Gasteiger charge is 2.20. The second kappa shape index (κ2) is 5.41. The van der Waals surface area contributed by atoms with Gasteiger partial charge in [0.15, 0.2) is 0 Å². The van der Waals surface area contributed by atoms with Crippen molar-refractivity contribution in [3.8, 4) is 17.0 Å². The van der Waals surface area contributed by atoms with Crippen molar-refractivity contribution in [2.75, 3.05) is 0 Å². The number of nitrogens with one attached hydrogen (secondary N) is 1. The molecule has 0 bridgehead atoms. The molecular weight excluding hydrogens is 292 g/mol. The van der Waals surface area contributed by atoms with E-state index >= 15 is 0 Å². The zero-order valence-corrected chi connectivity index (χ0v) is 12.9. The minimum absolute atomic E-state index is 0.0429. The minimum Gasteiger partial charge on any atom is -0.494 e. The molecule has 0 saturated heterocycles. The SMILES string of the molecule is CC(C)(C)Cn1c(O)c(-c2cccc(Cl)c2)c(=O)[nH]c1=O. The molecule has 0 aliphatic rings. The van der Waals surface area contributed by atoms with Crippen LogP contribution >= 0.6 is 11.6 Å². The molecule has 21 heavy (non-hydrogen) atoms. The molecule has 1 aromatic heterocycles. The number of rotatable bonds is 2. The molecule has 112 valence electrons. The van der Waals surface area contributed by atoms with Gasteiger partial charge < -0.3 is 5.11 Å².